The third-order valence-electron chi connectivity index (χ3n) is 4.04. The molecule has 0 heterocycles. The molecule has 0 saturated heterocycles. The van der Waals surface area contributed by atoms with Crippen molar-refractivity contribution in [2.75, 3.05) is 24.7 Å². The summed E-state index contributed by atoms with van der Waals surface area (Å²) in [6, 6.07) is 23.1. The number of rotatable bonds is 7. The first-order chi connectivity index (χ1) is 14.0. The Labute approximate surface area is 170 Å². The molecule has 0 spiro atoms. The highest BCUT2D eigenvalue weighted by atomic mass is 19.1. The SMILES string of the molecule is CN(C)Cc1cccc(CNc2ccccc2Nc2ccccc2F)c1.O=CO. The fourth-order valence-corrected chi connectivity index (χ4v) is 2.85. The molecule has 0 radical (unpaired) electrons. The summed E-state index contributed by atoms with van der Waals surface area (Å²) in [5, 5.41) is 13.5. The number of hydrogen-bond donors (Lipinski definition) is 3. The first-order valence-corrected chi connectivity index (χ1v) is 9.18. The predicted molar refractivity (Wildman–Crippen MR) is 116 cm³/mol. The Balaban J connectivity index is 0.000000941. The van der Waals surface area contributed by atoms with Crippen LogP contribution in [0.2, 0.25) is 0 Å². The van der Waals surface area contributed by atoms with Crippen LogP contribution in [0.1, 0.15) is 11.1 Å². The van der Waals surface area contributed by atoms with Gasteiger partial charge in [-0.05, 0) is 49.5 Å². The van der Waals surface area contributed by atoms with E-state index in [1.54, 1.807) is 12.1 Å². The number of benzene rings is 3. The van der Waals surface area contributed by atoms with Crippen LogP contribution in [0.15, 0.2) is 72.8 Å². The van der Waals surface area contributed by atoms with Crippen molar-refractivity contribution in [2.24, 2.45) is 0 Å². The minimum atomic E-state index is -0.265. The van der Waals surface area contributed by atoms with Crippen molar-refractivity contribution in [3.63, 3.8) is 0 Å². The molecule has 0 atom stereocenters. The van der Waals surface area contributed by atoms with Gasteiger partial charge in [0.25, 0.3) is 6.47 Å². The number of nitrogens with one attached hydrogen (secondary N) is 2. The molecule has 5 nitrogen and oxygen atoms in total. The Bertz CT molecular complexity index is 916. The highest BCUT2D eigenvalue weighted by molar-refractivity contribution is 5.74. The van der Waals surface area contributed by atoms with Gasteiger partial charge in [-0.3, -0.25) is 4.79 Å². The number of carboxylic acid groups (broad SMARTS) is 1. The average Bonchev–Trinajstić information content (AvgIpc) is 2.69. The van der Waals surface area contributed by atoms with Crippen molar-refractivity contribution in [3.05, 3.63) is 89.7 Å². The van der Waals surface area contributed by atoms with E-state index >= 15 is 0 Å². The van der Waals surface area contributed by atoms with Crippen LogP contribution in [0.4, 0.5) is 21.5 Å². The molecule has 0 amide bonds. The van der Waals surface area contributed by atoms with Crippen molar-refractivity contribution in [1.82, 2.24) is 4.90 Å². The van der Waals surface area contributed by atoms with E-state index < -0.39 is 0 Å². The summed E-state index contributed by atoms with van der Waals surface area (Å²) in [6.45, 7) is 1.37. The summed E-state index contributed by atoms with van der Waals surface area (Å²) in [7, 11) is 4.13. The zero-order valence-electron chi connectivity index (χ0n) is 16.6. The molecule has 152 valence electrons. The van der Waals surface area contributed by atoms with Crippen LogP contribution < -0.4 is 10.6 Å². The number of halogens is 1. The number of hydrogen-bond acceptors (Lipinski definition) is 4. The van der Waals surface area contributed by atoms with Gasteiger partial charge in [0.1, 0.15) is 5.82 Å². The summed E-state index contributed by atoms with van der Waals surface area (Å²) in [5.41, 5.74) is 4.75. The van der Waals surface area contributed by atoms with Gasteiger partial charge >= 0.3 is 0 Å². The second-order valence-corrected chi connectivity index (χ2v) is 6.67. The maximum Gasteiger partial charge on any atom is 0.290 e. The molecule has 0 saturated carbocycles. The summed E-state index contributed by atoms with van der Waals surface area (Å²) in [6.07, 6.45) is 0. The van der Waals surface area contributed by atoms with Gasteiger partial charge in [0.2, 0.25) is 0 Å². The van der Waals surface area contributed by atoms with Crippen LogP contribution in [-0.2, 0) is 17.9 Å². The molecule has 0 bridgehead atoms. The average molecular weight is 395 g/mol. The van der Waals surface area contributed by atoms with Crippen LogP contribution in [0.5, 0.6) is 0 Å². The molecule has 3 rings (SSSR count). The van der Waals surface area contributed by atoms with E-state index in [4.69, 9.17) is 9.90 Å². The zero-order valence-corrected chi connectivity index (χ0v) is 16.6. The molecule has 0 aliphatic heterocycles. The molecule has 0 fully saturated rings. The second kappa shape index (κ2) is 11.5. The smallest absolute Gasteiger partial charge is 0.290 e. The molecule has 3 aromatic rings. The predicted octanol–water partition coefficient (Wildman–Crippen LogP) is 4.94. The summed E-state index contributed by atoms with van der Waals surface area (Å²) < 4.78 is 13.9. The maximum absolute atomic E-state index is 13.9. The lowest BCUT2D eigenvalue weighted by Crippen LogP contribution is -2.11. The molecular weight excluding hydrogens is 369 g/mol. The molecule has 6 heteroatoms. The van der Waals surface area contributed by atoms with Gasteiger partial charge in [-0.1, -0.05) is 48.5 Å². The molecule has 0 aromatic heterocycles. The first-order valence-electron chi connectivity index (χ1n) is 9.18. The number of para-hydroxylation sites is 3. The van der Waals surface area contributed by atoms with Crippen molar-refractivity contribution in [1.29, 1.82) is 0 Å². The van der Waals surface area contributed by atoms with Gasteiger partial charge in [0.15, 0.2) is 0 Å². The molecule has 0 aliphatic rings. The lowest BCUT2D eigenvalue weighted by molar-refractivity contribution is -0.122. The molecule has 0 aliphatic carbocycles. The summed E-state index contributed by atoms with van der Waals surface area (Å²) in [4.78, 5) is 10.5. The fraction of sp³-hybridized carbons (Fsp3) is 0.174. The Morgan fingerprint density at radius 1 is 0.897 bits per heavy atom. The van der Waals surface area contributed by atoms with Crippen molar-refractivity contribution in [3.8, 4) is 0 Å². The quantitative estimate of drug-likeness (QED) is 0.494. The van der Waals surface area contributed by atoms with Crippen LogP contribution in [0.25, 0.3) is 0 Å². The molecule has 0 unspecified atom stereocenters. The van der Waals surface area contributed by atoms with E-state index in [9.17, 15) is 4.39 Å². The Morgan fingerprint density at radius 3 is 2.14 bits per heavy atom. The standard InChI is InChI=1S/C22H24FN3.CH2O2/c1-26(2)16-18-9-7-8-17(14-18)15-24-21-12-5-6-13-22(21)25-20-11-4-3-10-19(20)23;2-1-3/h3-14,24-25H,15-16H2,1-2H3;1H,(H,2,3). The Morgan fingerprint density at radius 2 is 1.48 bits per heavy atom. The number of anilines is 3. The van der Waals surface area contributed by atoms with Gasteiger partial charge in [-0.25, -0.2) is 4.39 Å². The minimum absolute atomic E-state index is 0.250. The van der Waals surface area contributed by atoms with Gasteiger partial charge < -0.3 is 20.6 Å². The van der Waals surface area contributed by atoms with Gasteiger partial charge in [-0.2, -0.15) is 0 Å². The van der Waals surface area contributed by atoms with Crippen LogP contribution in [0, 0.1) is 5.82 Å². The fourth-order valence-electron chi connectivity index (χ4n) is 2.85. The Hall–Kier alpha value is -3.38. The van der Waals surface area contributed by atoms with Gasteiger partial charge in [0, 0.05) is 13.1 Å². The largest absolute Gasteiger partial charge is 0.483 e. The van der Waals surface area contributed by atoms with Crippen molar-refractivity contribution >= 4 is 23.5 Å². The third kappa shape index (κ3) is 7.27. The van der Waals surface area contributed by atoms with E-state index in [0.29, 0.717) is 12.2 Å². The summed E-state index contributed by atoms with van der Waals surface area (Å²) in [5.74, 6) is -0.265. The van der Waals surface area contributed by atoms with E-state index in [2.05, 4.69) is 53.9 Å². The Kier molecular flexibility index (Phi) is 8.66. The molecular formula is C23H26FN3O2. The highest BCUT2D eigenvalue weighted by Crippen LogP contribution is 2.27. The van der Waals surface area contributed by atoms with Crippen LogP contribution in [-0.4, -0.2) is 30.6 Å². The summed E-state index contributed by atoms with van der Waals surface area (Å²) >= 11 is 0. The van der Waals surface area contributed by atoms with Crippen LogP contribution in [0.3, 0.4) is 0 Å². The third-order valence-corrected chi connectivity index (χ3v) is 4.04. The zero-order chi connectivity index (χ0) is 21.1. The molecule has 29 heavy (non-hydrogen) atoms. The lowest BCUT2D eigenvalue weighted by atomic mass is 10.1. The van der Waals surface area contributed by atoms with Crippen LogP contribution >= 0.6 is 0 Å². The van der Waals surface area contributed by atoms with Gasteiger partial charge in [0.05, 0.1) is 17.1 Å². The monoisotopic (exact) mass is 395 g/mol. The molecule has 3 aromatic carbocycles. The minimum Gasteiger partial charge on any atom is -0.483 e. The topological polar surface area (TPSA) is 64.6 Å². The van der Waals surface area contributed by atoms with E-state index in [1.165, 1.54) is 17.2 Å². The first kappa shape index (κ1) is 21.9. The van der Waals surface area contributed by atoms with E-state index in [0.717, 1.165) is 17.9 Å². The lowest BCUT2D eigenvalue weighted by Gasteiger charge is -2.15. The van der Waals surface area contributed by atoms with E-state index in [-0.39, 0.29) is 12.3 Å². The number of carbonyl (C=O) groups is 1. The van der Waals surface area contributed by atoms with Crippen molar-refractivity contribution < 1.29 is 14.3 Å². The maximum atomic E-state index is 13.9. The normalized spacial score (nSPS) is 10.1. The van der Waals surface area contributed by atoms with Gasteiger partial charge in [-0.15, -0.1) is 0 Å². The molecule has 3 N–H and O–H groups in total. The highest BCUT2D eigenvalue weighted by Gasteiger charge is 2.06. The van der Waals surface area contributed by atoms with E-state index in [1.807, 2.05) is 30.3 Å². The second-order valence-electron chi connectivity index (χ2n) is 6.67. The van der Waals surface area contributed by atoms with Crippen molar-refractivity contribution in [2.45, 2.75) is 13.1 Å². The number of nitrogens with zero attached hydrogens (tertiary/aromatic N) is 1.